The highest BCUT2D eigenvalue weighted by atomic mass is 16.5. The molecule has 0 fully saturated rings. The lowest BCUT2D eigenvalue weighted by atomic mass is 9.82. The number of rotatable bonds is 6. The average molecular weight is 814 g/mol. The molecule has 2 nitrogen and oxygen atoms in total. The molecule has 0 N–H and O–H groups in total. The van der Waals surface area contributed by atoms with Gasteiger partial charge >= 0.3 is 0 Å². The van der Waals surface area contributed by atoms with Gasteiger partial charge in [-0.2, -0.15) is 0 Å². The second-order valence-electron chi connectivity index (χ2n) is 17.5. The zero-order valence-corrected chi connectivity index (χ0v) is 34.9. The van der Waals surface area contributed by atoms with Crippen molar-refractivity contribution in [2.24, 2.45) is 0 Å². The van der Waals surface area contributed by atoms with E-state index in [1.165, 1.54) is 92.5 Å². The summed E-state index contributed by atoms with van der Waals surface area (Å²) in [6.45, 7) is 0. The topological polar surface area (TPSA) is 12.5 Å². The predicted molar refractivity (Wildman–Crippen MR) is 270 cm³/mol. The number of benzene rings is 12. The first kappa shape index (κ1) is 35.4. The van der Waals surface area contributed by atoms with Crippen LogP contribution in [0, 0.1) is 0 Å². The molecule has 1 aliphatic carbocycles. The summed E-state index contributed by atoms with van der Waals surface area (Å²) >= 11 is 0. The number of para-hydroxylation sites is 2. The van der Waals surface area contributed by atoms with Gasteiger partial charge in [0.25, 0.3) is 0 Å². The molecule has 2 atom stereocenters. The Hall–Kier alpha value is -8.20. The van der Waals surface area contributed by atoms with Gasteiger partial charge in [0.1, 0.15) is 11.9 Å². The Kier molecular flexibility index (Phi) is 7.55. The van der Waals surface area contributed by atoms with Crippen LogP contribution >= 0.6 is 0 Å². The minimum Gasteiger partial charge on any atom is -0.484 e. The Morgan fingerprint density at radius 2 is 0.875 bits per heavy atom. The van der Waals surface area contributed by atoms with Gasteiger partial charge in [-0.15, -0.1) is 0 Å². The number of fused-ring (bicyclic) bond motifs is 3. The van der Waals surface area contributed by atoms with Gasteiger partial charge in [0, 0.05) is 34.1 Å². The second kappa shape index (κ2) is 13.6. The quantitative estimate of drug-likeness (QED) is 0.155. The summed E-state index contributed by atoms with van der Waals surface area (Å²) in [7, 11) is 0. The molecule has 0 amide bonds. The lowest BCUT2D eigenvalue weighted by Crippen LogP contribution is -2.17. The molecule has 2 unspecified atom stereocenters. The number of hydrogen-bond acceptors (Lipinski definition) is 2. The van der Waals surface area contributed by atoms with Gasteiger partial charge in [-0.05, 0) is 147 Å². The molecule has 2 heteroatoms. The molecule has 14 rings (SSSR count). The fourth-order valence-corrected chi connectivity index (χ4v) is 11.1. The van der Waals surface area contributed by atoms with Gasteiger partial charge in [-0.25, -0.2) is 0 Å². The number of hydrogen-bond donors (Lipinski definition) is 0. The third-order valence-corrected chi connectivity index (χ3v) is 14.1. The minimum absolute atomic E-state index is 0.0398. The van der Waals surface area contributed by atoms with Crippen molar-refractivity contribution in [1.29, 1.82) is 0 Å². The maximum absolute atomic E-state index is 7.11. The number of nitrogens with zero attached hydrogens (tertiary/aromatic N) is 1. The van der Waals surface area contributed by atoms with E-state index in [2.05, 4.69) is 229 Å². The standard InChI is InChI=1S/C62H39NO/c1-3-13-47(14-4-1)63(48-15-5-2-6-16-48)49-28-21-38(22-29-49)54-36-46(51-31-24-44-20-18-40-10-8-12-42-26-33-53(51)61(44)59(40)42)37-56-55-35-45(27-34-57(55)64-62(54)56)50-30-23-43-19-17-39-9-7-11-41-25-32-52(50)60(43)58(39)41/h1-37,55,57H. The molecule has 298 valence electrons. The first-order chi connectivity index (χ1) is 31.7. The molecule has 64 heavy (non-hydrogen) atoms. The molecular formula is C62H39NO. The molecule has 1 heterocycles. The summed E-state index contributed by atoms with van der Waals surface area (Å²) in [6, 6.07) is 75.9. The number of ether oxygens (including phenoxy) is 1. The third-order valence-electron chi connectivity index (χ3n) is 14.1. The van der Waals surface area contributed by atoms with Gasteiger partial charge in [-0.3, -0.25) is 0 Å². The van der Waals surface area contributed by atoms with Crippen molar-refractivity contribution >= 4 is 87.3 Å². The molecule has 0 spiro atoms. The number of allylic oxidation sites excluding steroid dienone is 2. The molecule has 0 saturated carbocycles. The Balaban J connectivity index is 0.955. The van der Waals surface area contributed by atoms with Gasteiger partial charge in [0.05, 0.1) is 0 Å². The largest absolute Gasteiger partial charge is 0.484 e. The molecule has 2 aliphatic rings. The van der Waals surface area contributed by atoms with E-state index in [4.69, 9.17) is 4.74 Å². The highest BCUT2D eigenvalue weighted by Crippen LogP contribution is 2.52. The summed E-state index contributed by atoms with van der Waals surface area (Å²) in [5.74, 6) is 1.00. The minimum atomic E-state index is -0.111. The fraction of sp³-hybridized carbons (Fsp3) is 0.0323. The molecule has 0 saturated heterocycles. The van der Waals surface area contributed by atoms with Crippen molar-refractivity contribution < 1.29 is 4.74 Å². The Morgan fingerprint density at radius 1 is 0.375 bits per heavy atom. The summed E-state index contributed by atoms with van der Waals surface area (Å²) in [5, 5.41) is 15.6. The predicted octanol–water partition coefficient (Wildman–Crippen LogP) is 16.8. The average Bonchev–Trinajstić information content (AvgIpc) is 3.73. The lowest BCUT2D eigenvalue weighted by Gasteiger charge is -2.25. The van der Waals surface area contributed by atoms with Crippen molar-refractivity contribution in [2.45, 2.75) is 12.0 Å². The monoisotopic (exact) mass is 813 g/mol. The van der Waals surface area contributed by atoms with Crippen LogP contribution in [0.4, 0.5) is 17.1 Å². The van der Waals surface area contributed by atoms with E-state index in [-0.39, 0.29) is 12.0 Å². The van der Waals surface area contributed by atoms with E-state index < -0.39 is 0 Å². The van der Waals surface area contributed by atoms with Crippen LogP contribution in [-0.2, 0) is 0 Å². The molecule has 1 aliphatic heterocycles. The molecule has 0 radical (unpaired) electrons. The SMILES string of the molecule is C1=CC2Oc3c(-c4ccc(N(c5ccccc5)c5ccccc5)cc4)cc(-c4ccc5ccc6cccc7ccc4c5c67)cc3C2C=C1c1ccc2ccc3cccc4ccc1c2c34. The van der Waals surface area contributed by atoms with Crippen LogP contribution in [0.5, 0.6) is 5.75 Å². The molecule has 12 aromatic rings. The molecule has 12 aromatic carbocycles. The first-order valence-electron chi connectivity index (χ1n) is 22.3. The Morgan fingerprint density at radius 3 is 1.47 bits per heavy atom. The van der Waals surface area contributed by atoms with Crippen molar-refractivity contribution in [2.75, 3.05) is 4.90 Å². The summed E-state index contributed by atoms with van der Waals surface area (Å²) in [4.78, 5) is 2.32. The van der Waals surface area contributed by atoms with Gasteiger partial charge in [0.15, 0.2) is 0 Å². The van der Waals surface area contributed by atoms with Crippen LogP contribution in [0.1, 0.15) is 17.0 Å². The first-order valence-corrected chi connectivity index (χ1v) is 22.3. The zero-order valence-electron chi connectivity index (χ0n) is 34.9. The fourth-order valence-electron chi connectivity index (χ4n) is 11.1. The van der Waals surface area contributed by atoms with Crippen LogP contribution in [-0.4, -0.2) is 6.10 Å². The van der Waals surface area contributed by atoms with Crippen LogP contribution in [0.15, 0.2) is 224 Å². The van der Waals surface area contributed by atoms with Crippen LogP contribution in [0.2, 0.25) is 0 Å². The van der Waals surface area contributed by atoms with E-state index in [0.717, 1.165) is 33.9 Å². The summed E-state index contributed by atoms with van der Waals surface area (Å²) in [6.07, 6.45) is 6.94. The van der Waals surface area contributed by atoms with Crippen molar-refractivity contribution in [3.63, 3.8) is 0 Å². The van der Waals surface area contributed by atoms with Gasteiger partial charge in [-0.1, -0.05) is 170 Å². The molecule has 0 bridgehead atoms. The highest BCUT2D eigenvalue weighted by Gasteiger charge is 2.36. The van der Waals surface area contributed by atoms with Crippen LogP contribution < -0.4 is 9.64 Å². The van der Waals surface area contributed by atoms with Crippen molar-refractivity contribution in [3.05, 3.63) is 236 Å². The highest BCUT2D eigenvalue weighted by molar-refractivity contribution is 6.26. The van der Waals surface area contributed by atoms with E-state index >= 15 is 0 Å². The van der Waals surface area contributed by atoms with E-state index in [1.54, 1.807) is 0 Å². The Bertz CT molecular complexity index is 3790. The lowest BCUT2D eigenvalue weighted by molar-refractivity contribution is 0.270. The summed E-state index contributed by atoms with van der Waals surface area (Å²) < 4.78 is 7.11. The molecular weight excluding hydrogens is 775 g/mol. The van der Waals surface area contributed by atoms with E-state index in [9.17, 15) is 0 Å². The maximum atomic E-state index is 7.11. The Labute approximate surface area is 370 Å². The van der Waals surface area contributed by atoms with Gasteiger partial charge in [0.2, 0.25) is 0 Å². The van der Waals surface area contributed by atoms with Crippen molar-refractivity contribution in [1.82, 2.24) is 0 Å². The van der Waals surface area contributed by atoms with E-state index in [1.807, 2.05) is 0 Å². The third kappa shape index (κ3) is 5.26. The summed E-state index contributed by atoms with van der Waals surface area (Å²) in [5.41, 5.74) is 11.7. The maximum Gasteiger partial charge on any atom is 0.132 e. The molecule has 0 aromatic heterocycles. The van der Waals surface area contributed by atoms with Crippen molar-refractivity contribution in [3.8, 4) is 28.0 Å². The zero-order chi connectivity index (χ0) is 41.9. The smallest absolute Gasteiger partial charge is 0.132 e. The normalized spacial score (nSPS) is 15.7. The van der Waals surface area contributed by atoms with Gasteiger partial charge < -0.3 is 9.64 Å². The van der Waals surface area contributed by atoms with Crippen LogP contribution in [0.25, 0.3) is 92.5 Å². The second-order valence-corrected chi connectivity index (χ2v) is 17.5. The number of anilines is 3. The van der Waals surface area contributed by atoms with Crippen LogP contribution in [0.3, 0.4) is 0 Å². The van der Waals surface area contributed by atoms with E-state index in [0.29, 0.717) is 0 Å².